The van der Waals surface area contributed by atoms with Crippen LogP contribution in [0.25, 0.3) is 0 Å². The number of likely N-dealkylation sites (N-methyl/N-ethyl adjacent to an activating group) is 1. The average molecular weight is 335 g/mol. The van der Waals surface area contributed by atoms with E-state index in [-0.39, 0.29) is 6.54 Å². The number of nitrogens with one attached hydrogen (secondary N) is 1. The Kier molecular flexibility index (Phi) is 6.34. The minimum atomic E-state index is -3.39. The van der Waals surface area contributed by atoms with Crippen LogP contribution in [0.2, 0.25) is 0 Å². The maximum atomic E-state index is 11.6. The van der Waals surface area contributed by atoms with Gasteiger partial charge in [0.05, 0.1) is 18.9 Å². The van der Waals surface area contributed by atoms with Crippen LogP contribution >= 0.6 is 23.1 Å². The number of sulfonamides is 1. The van der Waals surface area contributed by atoms with Crippen LogP contribution in [0.15, 0.2) is 4.34 Å². The van der Waals surface area contributed by atoms with Crippen molar-refractivity contribution in [2.75, 3.05) is 30.9 Å². The smallest absolute Gasteiger partial charge is 0.241 e. The lowest BCUT2D eigenvalue weighted by atomic mass is 10.6. The monoisotopic (exact) mass is 335 g/mol. The minimum absolute atomic E-state index is 0.282. The van der Waals surface area contributed by atoms with E-state index in [0.29, 0.717) is 21.6 Å². The Labute approximate surface area is 125 Å². The molecule has 1 aromatic rings. The fourth-order valence-electron chi connectivity index (χ4n) is 0.981. The summed E-state index contributed by atoms with van der Waals surface area (Å²) in [4.78, 5) is 11.6. The Hall–Kier alpha value is -1.22. The van der Waals surface area contributed by atoms with Crippen molar-refractivity contribution in [1.82, 2.24) is 14.5 Å². The third kappa shape index (κ3) is 5.83. The molecule has 0 fully saturated rings. The first kappa shape index (κ1) is 16.8. The highest BCUT2D eigenvalue weighted by molar-refractivity contribution is 8.01. The number of carbonyl (C=O) groups is 1. The summed E-state index contributed by atoms with van der Waals surface area (Å²) in [6, 6.07) is 2.02. The first-order valence-corrected chi connectivity index (χ1v) is 9.02. The van der Waals surface area contributed by atoms with Crippen molar-refractivity contribution >= 4 is 44.2 Å². The number of thioether (sulfide) groups is 1. The van der Waals surface area contributed by atoms with Gasteiger partial charge in [-0.2, -0.15) is 9.57 Å². The fraction of sp³-hybridized carbons (Fsp3) is 0.556. The van der Waals surface area contributed by atoms with Gasteiger partial charge >= 0.3 is 0 Å². The Bertz CT molecular complexity index is 607. The Morgan fingerprint density at radius 3 is 2.85 bits per heavy atom. The SMILES string of the molecule is CN(CC(=O)Nc1nnc(SCCC#N)s1)S(C)(=O)=O. The Morgan fingerprint density at radius 1 is 1.55 bits per heavy atom. The Morgan fingerprint density at radius 2 is 2.25 bits per heavy atom. The number of aromatic nitrogens is 2. The van der Waals surface area contributed by atoms with Gasteiger partial charge in [0.15, 0.2) is 4.34 Å². The summed E-state index contributed by atoms with van der Waals surface area (Å²) < 4.78 is 23.9. The molecule has 0 spiro atoms. The first-order valence-electron chi connectivity index (χ1n) is 5.37. The van der Waals surface area contributed by atoms with Gasteiger partial charge in [-0.1, -0.05) is 23.1 Å². The first-order chi connectivity index (χ1) is 9.32. The normalized spacial score (nSPS) is 11.3. The number of hydrogen-bond donors (Lipinski definition) is 1. The molecule has 1 aromatic heterocycles. The molecule has 0 atom stereocenters. The average Bonchev–Trinajstić information content (AvgIpc) is 2.75. The number of nitriles is 1. The van der Waals surface area contributed by atoms with E-state index in [1.54, 1.807) is 0 Å². The second-order valence-corrected chi connectivity index (χ2v) is 8.11. The summed E-state index contributed by atoms with van der Waals surface area (Å²) in [5, 5.41) is 18.8. The van der Waals surface area contributed by atoms with E-state index in [2.05, 4.69) is 15.5 Å². The van der Waals surface area contributed by atoms with Crippen LogP contribution in [0, 0.1) is 11.3 Å². The van der Waals surface area contributed by atoms with E-state index < -0.39 is 15.9 Å². The Balaban J connectivity index is 2.49. The van der Waals surface area contributed by atoms with Crippen LogP contribution in [-0.4, -0.2) is 54.4 Å². The molecule has 110 valence electrons. The summed E-state index contributed by atoms with van der Waals surface area (Å²) in [7, 11) is -2.08. The van der Waals surface area contributed by atoms with Gasteiger partial charge in [-0.3, -0.25) is 10.1 Å². The molecule has 0 saturated heterocycles. The number of hydrogen-bond acceptors (Lipinski definition) is 8. The molecule has 1 heterocycles. The highest BCUT2D eigenvalue weighted by atomic mass is 32.2. The lowest BCUT2D eigenvalue weighted by Crippen LogP contribution is -2.34. The van der Waals surface area contributed by atoms with Crippen LogP contribution in [0.3, 0.4) is 0 Å². The molecule has 0 radical (unpaired) electrons. The van der Waals surface area contributed by atoms with Crippen molar-refractivity contribution in [3.05, 3.63) is 0 Å². The summed E-state index contributed by atoms with van der Waals surface area (Å²) in [6.45, 7) is -0.282. The van der Waals surface area contributed by atoms with E-state index >= 15 is 0 Å². The second-order valence-electron chi connectivity index (χ2n) is 3.70. The van der Waals surface area contributed by atoms with Crippen LogP contribution in [0.1, 0.15) is 6.42 Å². The maximum Gasteiger partial charge on any atom is 0.241 e. The van der Waals surface area contributed by atoms with Gasteiger partial charge in [-0.05, 0) is 0 Å². The zero-order chi connectivity index (χ0) is 15.2. The molecule has 0 unspecified atom stereocenters. The molecule has 11 heteroatoms. The quantitative estimate of drug-likeness (QED) is 0.435. The molecule has 0 bridgehead atoms. The predicted octanol–water partition coefficient (Wildman–Crippen LogP) is 0.374. The predicted molar refractivity (Wildman–Crippen MR) is 77.0 cm³/mol. The standard InChI is InChI=1S/C9H13N5O3S3/c1-14(20(2,16)17)6-7(15)11-8-12-13-9(19-8)18-5-3-4-10/h3,5-6H2,1-2H3,(H,11,12,15). The molecule has 1 rings (SSSR count). The maximum absolute atomic E-state index is 11.6. The molecule has 0 aliphatic heterocycles. The van der Waals surface area contributed by atoms with E-state index in [0.717, 1.165) is 10.6 Å². The van der Waals surface area contributed by atoms with Crippen LogP contribution in [-0.2, 0) is 14.8 Å². The van der Waals surface area contributed by atoms with Crippen molar-refractivity contribution in [3.8, 4) is 6.07 Å². The lowest BCUT2D eigenvalue weighted by Gasteiger charge is -2.12. The minimum Gasteiger partial charge on any atom is -0.299 e. The largest absolute Gasteiger partial charge is 0.299 e. The number of amides is 1. The molecule has 0 aliphatic carbocycles. The molecular weight excluding hydrogens is 322 g/mol. The lowest BCUT2D eigenvalue weighted by molar-refractivity contribution is -0.116. The number of nitrogens with zero attached hydrogens (tertiary/aromatic N) is 4. The zero-order valence-electron chi connectivity index (χ0n) is 10.9. The zero-order valence-corrected chi connectivity index (χ0v) is 13.3. The highest BCUT2D eigenvalue weighted by Crippen LogP contribution is 2.25. The van der Waals surface area contributed by atoms with Gasteiger partial charge in [0.1, 0.15) is 0 Å². The molecule has 0 saturated carbocycles. The topological polar surface area (TPSA) is 116 Å². The molecule has 0 aliphatic rings. The molecular formula is C9H13N5O3S3. The fourth-order valence-corrected chi connectivity index (χ4v) is 3.02. The van der Waals surface area contributed by atoms with Crippen molar-refractivity contribution in [3.63, 3.8) is 0 Å². The van der Waals surface area contributed by atoms with Gasteiger partial charge < -0.3 is 0 Å². The number of anilines is 1. The van der Waals surface area contributed by atoms with Gasteiger partial charge in [-0.25, -0.2) is 8.42 Å². The van der Waals surface area contributed by atoms with Gasteiger partial charge in [0.2, 0.25) is 21.1 Å². The third-order valence-corrected chi connectivity index (χ3v) is 5.26. The van der Waals surface area contributed by atoms with Crippen LogP contribution in [0.4, 0.5) is 5.13 Å². The van der Waals surface area contributed by atoms with Gasteiger partial charge in [0, 0.05) is 19.2 Å². The van der Waals surface area contributed by atoms with Gasteiger partial charge in [-0.15, -0.1) is 10.2 Å². The summed E-state index contributed by atoms with van der Waals surface area (Å²) in [6.07, 6.45) is 1.43. The molecule has 0 aromatic carbocycles. The van der Waals surface area contributed by atoms with Gasteiger partial charge in [0.25, 0.3) is 0 Å². The molecule has 1 N–H and O–H groups in total. The second kappa shape index (κ2) is 7.53. The van der Waals surface area contributed by atoms with E-state index in [4.69, 9.17) is 5.26 Å². The van der Waals surface area contributed by atoms with Crippen molar-refractivity contribution in [2.45, 2.75) is 10.8 Å². The van der Waals surface area contributed by atoms with Crippen LogP contribution in [0.5, 0.6) is 0 Å². The molecule has 8 nitrogen and oxygen atoms in total. The molecule has 20 heavy (non-hydrogen) atoms. The van der Waals surface area contributed by atoms with E-state index in [1.807, 2.05) is 6.07 Å². The van der Waals surface area contributed by atoms with Crippen molar-refractivity contribution in [1.29, 1.82) is 5.26 Å². The van der Waals surface area contributed by atoms with Crippen LogP contribution < -0.4 is 5.32 Å². The summed E-state index contributed by atoms with van der Waals surface area (Å²) in [5.74, 6) is 0.123. The van der Waals surface area contributed by atoms with E-state index in [1.165, 1.54) is 30.1 Å². The third-order valence-electron chi connectivity index (χ3n) is 2.02. The number of rotatable bonds is 7. The summed E-state index contributed by atoms with van der Waals surface area (Å²) in [5.41, 5.74) is 0. The van der Waals surface area contributed by atoms with E-state index in [9.17, 15) is 13.2 Å². The highest BCUT2D eigenvalue weighted by Gasteiger charge is 2.16. The van der Waals surface area contributed by atoms with Crippen molar-refractivity contribution in [2.24, 2.45) is 0 Å². The summed E-state index contributed by atoms with van der Waals surface area (Å²) >= 11 is 2.55. The number of carbonyl (C=O) groups excluding carboxylic acids is 1. The van der Waals surface area contributed by atoms with Crippen molar-refractivity contribution < 1.29 is 13.2 Å². The molecule has 1 amide bonds.